The fourth-order valence-corrected chi connectivity index (χ4v) is 2.89. The lowest BCUT2D eigenvalue weighted by Gasteiger charge is -2.36. The molecule has 2 fully saturated rings. The number of nitrogens with one attached hydrogen (secondary N) is 1. The van der Waals surface area contributed by atoms with Gasteiger partial charge in [-0.1, -0.05) is 13.3 Å². The summed E-state index contributed by atoms with van der Waals surface area (Å²) in [6.07, 6.45) is 3.57. The van der Waals surface area contributed by atoms with Gasteiger partial charge in [-0.05, 0) is 25.7 Å². The molecule has 0 aromatic heterocycles. The Balaban J connectivity index is 1.99. The van der Waals surface area contributed by atoms with Crippen LogP contribution in [0.4, 0.5) is 0 Å². The Morgan fingerprint density at radius 1 is 1.33 bits per heavy atom. The normalized spacial score (nSPS) is 36.9. The first-order chi connectivity index (χ1) is 7.20. The molecular formula is C12H22N2O. The summed E-state index contributed by atoms with van der Waals surface area (Å²) in [6.45, 7) is 7.17. The molecule has 0 bridgehead atoms. The first-order valence-corrected chi connectivity index (χ1v) is 6.21. The molecule has 15 heavy (non-hydrogen) atoms. The Morgan fingerprint density at radius 2 is 2.13 bits per heavy atom. The molecule has 0 aromatic carbocycles. The predicted molar refractivity (Wildman–Crippen MR) is 60.5 cm³/mol. The largest absolute Gasteiger partial charge is 0.337 e. The lowest BCUT2D eigenvalue weighted by atomic mass is 9.95. The highest BCUT2D eigenvalue weighted by molar-refractivity contribution is 5.79. The van der Waals surface area contributed by atoms with Crippen LogP contribution < -0.4 is 5.32 Å². The van der Waals surface area contributed by atoms with E-state index in [4.69, 9.17) is 0 Å². The van der Waals surface area contributed by atoms with E-state index in [0.717, 1.165) is 26.1 Å². The van der Waals surface area contributed by atoms with Gasteiger partial charge in [0.05, 0.1) is 0 Å². The summed E-state index contributed by atoms with van der Waals surface area (Å²) >= 11 is 0. The molecule has 1 aliphatic heterocycles. The summed E-state index contributed by atoms with van der Waals surface area (Å²) in [5.74, 6) is 1.32. The van der Waals surface area contributed by atoms with Crippen LogP contribution in [0.5, 0.6) is 0 Å². The van der Waals surface area contributed by atoms with E-state index < -0.39 is 0 Å². The Hall–Kier alpha value is -0.570. The first-order valence-electron chi connectivity index (χ1n) is 6.21. The number of piperazine rings is 1. The van der Waals surface area contributed by atoms with Crippen LogP contribution in [0.25, 0.3) is 0 Å². The minimum Gasteiger partial charge on any atom is -0.337 e. The fraction of sp³-hybridized carbons (Fsp3) is 0.917. The van der Waals surface area contributed by atoms with Crippen molar-refractivity contribution in [1.82, 2.24) is 10.2 Å². The smallest absolute Gasteiger partial charge is 0.226 e. The van der Waals surface area contributed by atoms with E-state index in [0.29, 0.717) is 23.8 Å². The third-order valence-electron chi connectivity index (χ3n) is 3.96. The first kappa shape index (κ1) is 10.9. The molecule has 3 nitrogen and oxygen atoms in total. The van der Waals surface area contributed by atoms with Gasteiger partial charge in [0.15, 0.2) is 0 Å². The molecule has 1 saturated heterocycles. The average Bonchev–Trinajstić information content (AvgIpc) is 2.64. The quantitative estimate of drug-likeness (QED) is 0.706. The van der Waals surface area contributed by atoms with Gasteiger partial charge in [-0.3, -0.25) is 4.79 Å². The molecule has 3 atom stereocenters. The van der Waals surface area contributed by atoms with E-state index in [2.05, 4.69) is 24.1 Å². The van der Waals surface area contributed by atoms with Crippen LogP contribution >= 0.6 is 0 Å². The van der Waals surface area contributed by atoms with Gasteiger partial charge in [0.1, 0.15) is 0 Å². The lowest BCUT2D eigenvalue weighted by Crippen LogP contribution is -2.54. The summed E-state index contributed by atoms with van der Waals surface area (Å²) in [7, 11) is 0. The van der Waals surface area contributed by atoms with Crippen LogP contribution in [0, 0.1) is 11.8 Å². The highest BCUT2D eigenvalue weighted by atomic mass is 16.2. The van der Waals surface area contributed by atoms with Gasteiger partial charge < -0.3 is 10.2 Å². The van der Waals surface area contributed by atoms with Crippen molar-refractivity contribution in [3.05, 3.63) is 0 Å². The molecule has 1 amide bonds. The van der Waals surface area contributed by atoms with Crippen LogP contribution in [0.1, 0.15) is 33.1 Å². The predicted octanol–water partition coefficient (Wildman–Crippen LogP) is 1.24. The molecule has 2 rings (SSSR count). The van der Waals surface area contributed by atoms with E-state index in [1.807, 2.05) is 0 Å². The van der Waals surface area contributed by atoms with Crippen molar-refractivity contribution in [2.24, 2.45) is 11.8 Å². The van der Waals surface area contributed by atoms with Crippen molar-refractivity contribution in [3.63, 3.8) is 0 Å². The Morgan fingerprint density at radius 3 is 2.73 bits per heavy atom. The molecule has 1 heterocycles. The molecule has 0 spiro atoms. The second kappa shape index (κ2) is 4.52. The van der Waals surface area contributed by atoms with E-state index in [9.17, 15) is 4.79 Å². The number of amides is 1. The highest BCUT2D eigenvalue weighted by Gasteiger charge is 2.34. The van der Waals surface area contributed by atoms with E-state index in [1.54, 1.807) is 0 Å². The topological polar surface area (TPSA) is 32.3 Å². The SMILES string of the molecule is CC1CCCC1C(=O)N1CCNC[C@@H]1C. The summed E-state index contributed by atoms with van der Waals surface area (Å²) in [5.41, 5.74) is 0. The fourth-order valence-electron chi connectivity index (χ4n) is 2.89. The summed E-state index contributed by atoms with van der Waals surface area (Å²) < 4.78 is 0. The number of carbonyl (C=O) groups excluding carboxylic acids is 1. The van der Waals surface area contributed by atoms with Crippen molar-refractivity contribution in [1.29, 1.82) is 0 Å². The number of rotatable bonds is 1. The zero-order chi connectivity index (χ0) is 10.8. The molecule has 2 aliphatic rings. The molecule has 86 valence electrons. The molecule has 3 heteroatoms. The third kappa shape index (κ3) is 2.17. The Kier molecular flexibility index (Phi) is 3.29. The molecule has 0 radical (unpaired) electrons. The zero-order valence-electron chi connectivity index (χ0n) is 9.83. The number of carbonyl (C=O) groups is 1. The van der Waals surface area contributed by atoms with Crippen molar-refractivity contribution in [2.75, 3.05) is 19.6 Å². The highest BCUT2D eigenvalue weighted by Crippen LogP contribution is 2.33. The molecule has 1 N–H and O–H groups in total. The standard InChI is InChI=1S/C12H22N2O/c1-9-4-3-5-11(9)12(15)14-7-6-13-8-10(14)2/h9-11,13H,3-8H2,1-2H3/t9?,10-,11?/m0/s1. The summed E-state index contributed by atoms with van der Waals surface area (Å²) in [4.78, 5) is 14.4. The Bertz CT molecular complexity index is 242. The van der Waals surface area contributed by atoms with Gasteiger partial charge in [0.2, 0.25) is 5.91 Å². The van der Waals surface area contributed by atoms with E-state index in [-0.39, 0.29) is 0 Å². The monoisotopic (exact) mass is 210 g/mol. The maximum Gasteiger partial charge on any atom is 0.226 e. The van der Waals surface area contributed by atoms with Gasteiger partial charge in [0.25, 0.3) is 0 Å². The lowest BCUT2D eigenvalue weighted by molar-refractivity contribution is -0.139. The number of hydrogen-bond acceptors (Lipinski definition) is 2. The molecule has 2 unspecified atom stereocenters. The van der Waals surface area contributed by atoms with Crippen LogP contribution in [0.3, 0.4) is 0 Å². The van der Waals surface area contributed by atoms with Crippen LogP contribution in [-0.4, -0.2) is 36.5 Å². The zero-order valence-corrected chi connectivity index (χ0v) is 9.83. The van der Waals surface area contributed by atoms with Gasteiger partial charge in [-0.2, -0.15) is 0 Å². The van der Waals surface area contributed by atoms with Crippen molar-refractivity contribution >= 4 is 5.91 Å². The van der Waals surface area contributed by atoms with Gasteiger partial charge in [-0.25, -0.2) is 0 Å². The number of hydrogen-bond donors (Lipinski definition) is 1. The van der Waals surface area contributed by atoms with Crippen LogP contribution in [0.15, 0.2) is 0 Å². The molecule has 0 aromatic rings. The third-order valence-corrected chi connectivity index (χ3v) is 3.96. The molecule has 1 saturated carbocycles. The van der Waals surface area contributed by atoms with Gasteiger partial charge >= 0.3 is 0 Å². The Labute approximate surface area is 92.2 Å². The van der Waals surface area contributed by atoms with Gasteiger partial charge in [0, 0.05) is 31.6 Å². The average molecular weight is 210 g/mol. The van der Waals surface area contributed by atoms with E-state index in [1.165, 1.54) is 12.8 Å². The maximum atomic E-state index is 12.3. The van der Waals surface area contributed by atoms with Crippen molar-refractivity contribution in [3.8, 4) is 0 Å². The summed E-state index contributed by atoms with van der Waals surface area (Å²) in [6, 6.07) is 0.374. The van der Waals surface area contributed by atoms with Crippen molar-refractivity contribution in [2.45, 2.75) is 39.2 Å². The van der Waals surface area contributed by atoms with Crippen LogP contribution in [-0.2, 0) is 4.79 Å². The van der Waals surface area contributed by atoms with E-state index >= 15 is 0 Å². The molecular weight excluding hydrogens is 188 g/mol. The molecule has 1 aliphatic carbocycles. The summed E-state index contributed by atoms with van der Waals surface area (Å²) in [5, 5.41) is 3.33. The van der Waals surface area contributed by atoms with Crippen LogP contribution in [0.2, 0.25) is 0 Å². The number of nitrogens with zero attached hydrogens (tertiary/aromatic N) is 1. The minimum absolute atomic E-state index is 0.311. The van der Waals surface area contributed by atoms with Gasteiger partial charge in [-0.15, -0.1) is 0 Å². The second-order valence-electron chi connectivity index (χ2n) is 5.10. The minimum atomic E-state index is 0.311. The van der Waals surface area contributed by atoms with Crippen molar-refractivity contribution < 1.29 is 4.79 Å². The second-order valence-corrected chi connectivity index (χ2v) is 5.10. The maximum absolute atomic E-state index is 12.3.